The number of nitrogens with one attached hydrogen (secondary N) is 1. The first kappa shape index (κ1) is 14.7. The Hall–Kier alpha value is -1.66. The number of anilines is 1. The summed E-state index contributed by atoms with van der Waals surface area (Å²) in [7, 11) is 1.72. The van der Waals surface area contributed by atoms with Gasteiger partial charge in [0.25, 0.3) is 5.91 Å². The van der Waals surface area contributed by atoms with Crippen molar-refractivity contribution in [1.29, 1.82) is 0 Å². The number of aromatic nitrogens is 1. The highest BCUT2D eigenvalue weighted by Crippen LogP contribution is 2.25. The normalized spacial score (nSPS) is 22.4. The number of nitrogens with zero attached hydrogens (tertiary/aromatic N) is 2. The second kappa shape index (κ2) is 6.19. The molecule has 1 aliphatic rings. The highest BCUT2D eigenvalue weighted by Gasteiger charge is 2.30. The number of aryl methyl sites for hydroxylation is 1. The Bertz CT molecular complexity index is 492. The third-order valence-corrected chi connectivity index (χ3v) is 3.94. The molecule has 1 aliphatic carbocycles. The van der Waals surface area contributed by atoms with Gasteiger partial charge < -0.3 is 15.4 Å². The summed E-state index contributed by atoms with van der Waals surface area (Å²) < 4.78 is 0. The summed E-state index contributed by atoms with van der Waals surface area (Å²) in [6.45, 7) is 1.84. The van der Waals surface area contributed by atoms with Gasteiger partial charge in [0, 0.05) is 18.9 Å². The van der Waals surface area contributed by atoms with Gasteiger partial charge in [0.15, 0.2) is 0 Å². The number of nitrogen functional groups attached to an aromatic ring is 1. The Morgan fingerprint density at radius 2 is 2.20 bits per heavy atom. The van der Waals surface area contributed by atoms with Gasteiger partial charge in [-0.2, -0.15) is 0 Å². The zero-order valence-electron chi connectivity index (χ0n) is 12.0. The van der Waals surface area contributed by atoms with E-state index in [1.807, 2.05) is 6.92 Å². The third-order valence-electron chi connectivity index (χ3n) is 3.94. The Morgan fingerprint density at radius 1 is 1.50 bits per heavy atom. The first-order chi connectivity index (χ1) is 9.54. The summed E-state index contributed by atoms with van der Waals surface area (Å²) in [6, 6.07) is 1.60. The SMILES string of the molecule is Cc1cc(NN)c(C(=O)N(C)C2CCCCC2O)cn1. The highest BCUT2D eigenvalue weighted by molar-refractivity contribution is 5.99. The van der Waals surface area contributed by atoms with Crippen LogP contribution in [0.1, 0.15) is 41.7 Å². The van der Waals surface area contributed by atoms with E-state index in [2.05, 4.69) is 10.4 Å². The first-order valence-corrected chi connectivity index (χ1v) is 6.93. The van der Waals surface area contributed by atoms with Crippen molar-refractivity contribution < 1.29 is 9.90 Å². The number of hydrogen-bond donors (Lipinski definition) is 3. The number of likely N-dealkylation sites (N-methyl/N-ethyl adjacent to an activating group) is 1. The van der Waals surface area contributed by atoms with Gasteiger partial charge in [-0.3, -0.25) is 15.6 Å². The molecule has 20 heavy (non-hydrogen) atoms. The van der Waals surface area contributed by atoms with Crippen molar-refractivity contribution in [3.63, 3.8) is 0 Å². The summed E-state index contributed by atoms with van der Waals surface area (Å²) in [4.78, 5) is 18.3. The van der Waals surface area contributed by atoms with Crippen LogP contribution in [0.2, 0.25) is 0 Å². The van der Waals surface area contributed by atoms with Gasteiger partial charge in [-0.15, -0.1) is 0 Å². The number of hydrazine groups is 1. The van der Waals surface area contributed by atoms with Crippen LogP contribution >= 0.6 is 0 Å². The largest absolute Gasteiger partial charge is 0.391 e. The molecule has 1 aromatic rings. The Kier molecular flexibility index (Phi) is 4.57. The van der Waals surface area contributed by atoms with Crippen LogP contribution in [0.3, 0.4) is 0 Å². The summed E-state index contributed by atoms with van der Waals surface area (Å²) in [5.41, 5.74) is 4.31. The molecule has 1 fully saturated rings. The maximum Gasteiger partial charge on any atom is 0.257 e. The average molecular weight is 278 g/mol. The molecule has 0 bridgehead atoms. The van der Waals surface area contributed by atoms with E-state index >= 15 is 0 Å². The van der Waals surface area contributed by atoms with E-state index in [1.54, 1.807) is 18.0 Å². The monoisotopic (exact) mass is 278 g/mol. The summed E-state index contributed by atoms with van der Waals surface area (Å²) in [5.74, 6) is 5.30. The second-order valence-electron chi connectivity index (χ2n) is 5.35. The lowest BCUT2D eigenvalue weighted by molar-refractivity contribution is 0.0268. The van der Waals surface area contributed by atoms with Crippen molar-refractivity contribution in [2.45, 2.75) is 44.8 Å². The van der Waals surface area contributed by atoms with E-state index in [4.69, 9.17) is 5.84 Å². The number of nitrogens with two attached hydrogens (primary N) is 1. The Balaban J connectivity index is 2.22. The lowest BCUT2D eigenvalue weighted by atomic mass is 9.91. The lowest BCUT2D eigenvalue weighted by Gasteiger charge is -2.35. The van der Waals surface area contributed by atoms with E-state index in [0.29, 0.717) is 11.3 Å². The zero-order chi connectivity index (χ0) is 14.7. The van der Waals surface area contributed by atoms with Crippen LogP contribution < -0.4 is 11.3 Å². The van der Waals surface area contributed by atoms with Gasteiger partial charge in [0.2, 0.25) is 0 Å². The molecule has 4 N–H and O–H groups in total. The molecular formula is C14H22N4O2. The predicted molar refractivity (Wildman–Crippen MR) is 77.1 cm³/mol. The summed E-state index contributed by atoms with van der Waals surface area (Å²) >= 11 is 0. The quantitative estimate of drug-likeness (QED) is 0.568. The van der Waals surface area contributed by atoms with Crippen molar-refractivity contribution in [2.24, 2.45) is 5.84 Å². The minimum atomic E-state index is -0.453. The van der Waals surface area contributed by atoms with Crippen molar-refractivity contribution in [1.82, 2.24) is 9.88 Å². The number of carbonyl (C=O) groups is 1. The first-order valence-electron chi connectivity index (χ1n) is 6.93. The lowest BCUT2D eigenvalue weighted by Crippen LogP contribution is -2.46. The molecule has 1 aromatic heterocycles. The smallest absolute Gasteiger partial charge is 0.257 e. The molecule has 0 radical (unpaired) electrons. The van der Waals surface area contributed by atoms with Gasteiger partial charge in [0.1, 0.15) is 0 Å². The van der Waals surface area contributed by atoms with Crippen LogP contribution in [-0.2, 0) is 0 Å². The van der Waals surface area contributed by atoms with Crippen LogP contribution in [0.4, 0.5) is 5.69 Å². The number of pyridine rings is 1. The molecule has 0 saturated heterocycles. The van der Waals surface area contributed by atoms with E-state index in [0.717, 1.165) is 31.4 Å². The Labute approximate surface area is 119 Å². The molecule has 1 heterocycles. The van der Waals surface area contributed by atoms with Gasteiger partial charge in [-0.05, 0) is 25.8 Å². The van der Waals surface area contributed by atoms with Gasteiger partial charge in [0.05, 0.1) is 23.4 Å². The molecule has 1 saturated carbocycles. The van der Waals surface area contributed by atoms with Gasteiger partial charge in [-0.25, -0.2) is 0 Å². The van der Waals surface area contributed by atoms with Gasteiger partial charge >= 0.3 is 0 Å². The van der Waals surface area contributed by atoms with Crippen molar-refractivity contribution >= 4 is 11.6 Å². The number of carbonyl (C=O) groups excluding carboxylic acids is 1. The summed E-state index contributed by atoms with van der Waals surface area (Å²) in [6.07, 6.45) is 4.70. The zero-order valence-corrected chi connectivity index (χ0v) is 12.0. The molecule has 0 spiro atoms. The van der Waals surface area contributed by atoms with E-state index in [1.165, 1.54) is 6.20 Å². The van der Waals surface area contributed by atoms with E-state index in [-0.39, 0.29) is 11.9 Å². The van der Waals surface area contributed by atoms with Crippen LogP contribution in [-0.4, -0.2) is 40.1 Å². The predicted octanol–water partition coefficient (Wildman–Crippen LogP) is 1.05. The maximum absolute atomic E-state index is 12.6. The average Bonchev–Trinajstić information content (AvgIpc) is 2.46. The van der Waals surface area contributed by atoms with Crippen LogP contribution in [0.5, 0.6) is 0 Å². The third kappa shape index (κ3) is 2.91. The highest BCUT2D eigenvalue weighted by atomic mass is 16.3. The Morgan fingerprint density at radius 3 is 2.85 bits per heavy atom. The standard InChI is InChI=1S/C14H22N4O2/c1-9-7-11(17-15)10(8-16-9)14(20)18(2)12-5-3-4-6-13(12)19/h7-8,12-13,19H,3-6,15H2,1-2H3,(H,16,17). The molecule has 2 atom stereocenters. The minimum Gasteiger partial charge on any atom is -0.391 e. The molecular weight excluding hydrogens is 256 g/mol. The number of rotatable bonds is 3. The summed E-state index contributed by atoms with van der Waals surface area (Å²) in [5, 5.41) is 10.1. The fraction of sp³-hybridized carbons (Fsp3) is 0.571. The topological polar surface area (TPSA) is 91.5 Å². The molecule has 0 aromatic carbocycles. The molecule has 6 heteroatoms. The van der Waals surface area contributed by atoms with Crippen LogP contribution in [0, 0.1) is 6.92 Å². The molecule has 110 valence electrons. The van der Waals surface area contributed by atoms with Gasteiger partial charge in [-0.1, -0.05) is 12.8 Å². The molecule has 2 rings (SSSR count). The molecule has 2 unspecified atom stereocenters. The fourth-order valence-electron chi connectivity index (χ4n) is 2.73. The molecule has 0 aliphatic heterocycles. The molecule has 1 amide bonds. The fourth-order valence-corrected chi connectivity index (χ4v) is 2.73. The number of aliphatic hydroxyl groups excluding tert-OH is 1. The minimum absolute atomic E-state index is 0.136. The maximum atomic E-state index is 12.6. The number of amides is 1. The van der Waals surface area contributed by atoms with E-state index in [9.17, 15) is 9.90 Å². The van der Waals surface area contributed by atoms with E-state index < -0.39 is 6.10 Å². The van der Waals surface area contributed by atoms with Crippen LogP contribution in [0.25, 0.3) is 0 Å². The van der Waals surface area contributed by atoms with Crippen molar-refractivity contribution in [2.75, 3.05) is 12.5 Å². The number of aliphatic hydroxyl groups is 1. The van der Waals surface area contributed by atoms with Crippen molar-refractivity contribution in [3.05, 3.63) is 23.5 Å². The second-order valence-corrected chi connectivity index (χ2v) is 5.35. The van der Waals surface area contributed by atoms with Crippen molar-refractivity contribution in [3.8, 4) is 0 Å². The van der Waals surface area contributed by atoms with Crippen LogP contribution in [0.15, 0.2) is 12.3 Å². The molecule has 6 nitrogen and oxygen atoms in total. The number of hydrogen-bond acceptors (Lipinski definition) is 5.